The van der Waals surface area contributed by atoms with Crippen molar-refractivity contribution in [3.63, 3.8) is 0 Å². The molecular weight excluding hydrogens is 686 g/mol. The Bertz CT molecular complexity index is 1640. The molecule has 4 heterocycles. The lowest BCUT2D eigenvalue weighted by molar-refractivity contribution is -0.140. The number of nitrogens with zero attached hydrogens (tertiary/aromatic N) is 6. The first kappa shape index (κ1) is 38.5. The molecule has 1 spiro atoms. The minimum atomic E-state index is -3.59. The van der Waals surface area contributed by atoms with E-state index in [0.29, 0.717) is 29.5 Å². The molecule has 13 nitrogen and oxygen atoms in total. The van der Waals surface area contributed by atoms with Gasteiger partial charge in [-0.05, 0) is 101 Å². The van der Waals surface area contributed by atoms with E-state index < -0.39 is 18.4 Å². The van der Waals surface area contributed by atoms with E-state index in [4.69, 9.17) is 9.47 Å². The van der Waals surface area contributed by atoms with Gasteiger partial charge in [-0.2, -0.15) is 13.8 Å². The zero-order valence-electron chi connectivity index (χ0n) is 31.6. The minimum Gasteiger partial charge on any atom is -0.495 e. The lowest BCUT2D eigenvalue weighted by Gasteiger charge is -2.52. The van der Waals surface area contributed by atoms with E-state index in [0.717, 1.165) is 89.0 Å². The molecular formula is C38H54F2N8O5. The number of carbonyl (C=O) groups is 3. The molecule has 2 aromatic rings. The van der Waals surface area contributed by atoms with Gasteiger partial charge < -0.3 is 39.7 Å². The van der Waals surface area contributed by atoms with Gasteiger partial charge >= 0.3 is 12.0 Å². The van der Waals surface area contributed by atoms with E-state index in [2.05, 4.69) is 32.4 Å². The predicted octanol–water partition coefficient (Wildman–Crippen LogP) is 5.68. The number of benzene rings is 1. The maximum absolute atomic E-state index is 14.7. The third kappa shape index (κ3) is 8.60. The number of hydrogen-bond donors (Lipinski definition) is 2. The number of ether oxygens (including phenoxy) is 2. The van der Waals surface area contributed by atoms with Crippen LogP contribution >= 0.6 is 0 Å². The molecule has 3 amide bonds. The first-order valence-corrected chi connectivity index (χ1v) is 19.0. The Morgan fingerprint density at radius 1 is 1.09 bits per heavy atom. The summed E-state index contributed by atoms with van der Waals surface area (Å²) < 4.78 is 40.4. The van der Waals surface area contributed by atoms with Gasteiger partial charge in [-0.25, -0.2) is 9.78 Å². The highest BCUT2D eigenvalue weighted by Gasteiger charge is 2.48. The van der Waals surface area contributed by atoms with Gasteiger partial charge in [-0.3, -0.25) is 9.59 Å². The molecule has 2 saturated heterocycles. The van der Waals surface area contributed by atoms with Crippen LogP contribution in [0.15, 0.2) is 24.4 Å². The maximum Gasteiger partial charge on any atom is 0.409 e. The highest BCUT2D eigenvalue weighted by atomic mass is 19.3. The SMILES string of the molecule is CCCCOC(=O)N1CCC(CN2CCC3(CC2)CC(NC(=O)c2ccc(Nc4ncc5c(n4)N(C(C)C)CC(F)(F)C(=O)N5C)c(OC)c2)C3)CC1. The van der Waals surface area contributed by atoms with Crippen molar-refractivity contribution in [3.05, 3.63) is 30.0 Å². The summed E-state index contributed by atoms with van der Waals surface area (Å²) in [5.41, 5.74) is 1.42. The van der Waals surface area contributed by atoms with Gasteiger partial charge in [-0.1, -0.05) is 13.3 Å². The molecule has 3 fully saturated rings. The Balaban J connectivity index is 0.982. The second kappa shape index (κ2) is 16.0. The van der Waals surface area contributed by atoms with Gasteiger partial charge in [0.05, 0.1) is 32.1 Å². The van der Waals surface area contributed by atoms with Crippen molar-refractivity contribution in [1.29, 1.82) is 0 Å². The van der Waals surface area contributed by atoms with Crippen LogP contribution in [-0.2, 0) is 9.53 Å². The molecule has 53 heavy (non-hydrogen) atoms. The molecule has 1 aromatic heterocycles. The third-order valence-corrected chi connectivity index (χ3v) is 11.4. The van der Waals surface area contributed by atoms with Crippen LogP contribution in [0.2, 0.25) is 0 Å². The van der Waals surface area contributed by atoms with E-state index in [9.17, 15) is 23.2 Å². The van der Waals surface area contributed by atoms with E-state index in [1.165, 1.54) is 25.3 Å². The minimum absolute atomic E-state index is 0.119. The summed E-state index contributed by atoms with van der Waals surface area (Å²) in [6, 6.07) is 4.81. The number of rotatable bonds is 11. The molecule has 2 N–H and O–H groups in total. The van der Waals surface area contributed by atoms with Crippen LogP contribution < -0.4 is 25.2 Å². The molecule has 4 aliphatic rings. The number of aromatic nitrogens is 2. The van der Waals surface area contributed by atoms with Crippen molar-refractivity contribution < 1.29 is 32.6 Å². The Morgan fingerprint density at radius 2 is 1.81 bits per heavy atom. The fourth-order valence-corrected chi connectivity index (χ4v) is 8.10. The summed E-state index contributed by atoms with van der Waals surface area (Å²) >= 11 is 0. The number of fused-ring (bicyclic) bond motifs is 1. The Morgan fingerprint density at radius 3 is 2.47 bits per heavy atom. The summed E-state index contributed by atoms with van der Waals surface area (Å²) in [4.78, 5) is 53.6. The van der Waals surface area contributed by atoms with Crippen LogP contribution in [0, 0.1) is 11.3 Å². The summed E-state index contributed by atoms with van der Waals surface area (Å²) in [6.45, 7) is 10.1. The molecule has 0 bridgehead atoms. The summed E-state index contributed by atoms with van der Waals surface area (Å²) in [7, 11) is 2.79. The van der Waals surface area contributed by atoms with Crippen LogP contribution in [0.5, 0.6) is 5.75 Å². The first-order chi connectivity index (χ1) is 25.3. The smallest absolute Gasteiger partial charge is 0.409 e. The number of unbranched alkanes of at least 4 members (excludes halogenated alkanes) is 1. The Hall–Kier alpha value is -4.27. The van der Waals surface area contributed by atoms with Crippen LogP contribution in [0.25, 0.3) is 0 Å². The standard InChI is InChI=1S/C38H54F2N8O5/c1-6-7-18-53-36(51)47-14-10-26(11-15-47)23-46-16-12-37(13-17-46)20-28(21-37)42-33(49)27-8-9-29(31(19-27)52-5)43-35-41-22-30-32(44-35)48(25(2)3)24-38(39,40)34(50)45(30)4/h8-9,19,22,25-26,28H,6-7,10-18,20-21,23-24H2,1-5H3,(H,42,49)(H,41,43,44). The van der Waals surface area contributed by atoms with Gasteiger partial charge in [-0.15, -0.1) is 0 Å². The molecule has 0 unspecified atom stereocenters. The van der Waals surface area contributed by atoms with Gasteiger partial charge in [0.25, 0.3) is 11.8 Å². The lowest BCUT2D eigenvalue weighted by atomic mass is 9.60. The van der Waals surface area contributed by atoms with Crippen molar-refractivity contribution >= 4 is 41.0 Å². The van der Waals surface area contributed by atoms with Crippen molar-refractivity contribution in [1.82, 2.24) is 25.1 Å². The Kier molecular flexibility index (Phi) is 11.6. The van der Waals surface area contributed by atoms with Gasteiger partial charge in [0.15, 0.2) is 5.82 Å². The first-order valence-electron chi connectivity index (χ1n) is 19.0. The lowest BCUT2D eigenvalue weighted by Crippen LogP contribution is -2.55. The zero-order chi connectivity index (χ0) is 37.9. The molecule has 1 saturated carbocycles. The van der Waals surface area contributed by atoms with E-state index >= 15 is 0 Å². The van der Waals surface area contributed by atoms with Crippen molar-refractivity contribution in [3.8, 4) is 5.75 Å². The fourth-order valence-electron chi connectivity index (χ4n) is 8.10. The van der Waals surface area contributed by atoms with Crippen LogP contribution in [-0.4, -0.2) is 116 Å². The van der Waals surface area contributed by atoms with E-state index in [-0.39, 0.29) is 47.0 Å². The molecule has 1 aliphatic carbocycles. The van der Waals surface area contributed by atoms with Crippen molar-refractivity contribution in [2.45, 2.75) is 90.1 Å². The number of carbonyl (C=O) groups excluding carboxylic acids is 3. The number of anilines is 4. The Labute approximate surface area is 310 Å². The molecule has 15 heteroatoms. The van der Waals surface area contributed by atoms with Gasteiger partial charge in [0.1, 0.15) is 11.4 Å². The van der Waals surface area contributed by atoms with Crippen molar-refractivity contribution in [2.75, 3.05) is 75.1 Å². The highest BCUT2D eigenvalue weighted by Crippen LogP contribution is 2.49. The number of piperidine rings is 2. The number of methoxy groups -OCH3 is 1. The fraction of sp³-hybridized carbons (Fsp3) is 0.658. The van der Waals surface area contributed by atoms with Crippen LogP contribution in [0.4, 0.5) is 36.7 Å². The number of halogens is 2. The molecule has 3 aliphatic heterocycles. The second-order valence-corrected chi connectivity index (χ2v) is 15.5. The van der Waals surface area contributed by atoms with E-state index in [1.807, 2.05) is 4.90 Å². The normalized spacial score (nSPS) is 20.5. The van der Waals surface area contributed by atoms with Gasteiger partial charge in [0, 0.05) is 44.3 Å². The quantitative estimate of drug-likeness (QED) is 0.278. The third-order valence-electron chi connectivity index (χ3n) is 11.4. The monoisotopic (exact) mass is 740 g/mol. The molecule has 290 valence electrons. The number of likely N-dealkylation sites (tertiary alicyclic amines) is 2. The van der Waals surface area contributed by atoms with Gasteiger partial charge in [0.2, 0.25) is 5.95 Å². The highest BCUT2D eigenvalue weighted by molar-refractivity contribution is 6.02. The maximum atomic E-state index is 14.7. The molecule has 0 radical (unpaired) electrons. The average molecular weight is 741 g/mol. The number of hydrogen-bond acceptors (Lipinski definition) is 10. The molecule has 0 atom stereocenters. The molecule has 1 aromatic carbocycles. The average Bonchev–Trinajstić information content (AvgIpc) is 3.20. The zero-order valence-corrected chi connectivity index (χ0v) is 31.6. The van der Waals surface area contributed by atoms with Crippen LogP contribution in [0.3, 0.4) is 0 Å². The largest absolute Gasteiger partial charge is 0.495 e. The van der Waals surface area contributed by atoms with Crippen molar-refractivity contribution in [2.24, 2.45) is 11.3 Å². The summed E-state index contributed by atoms with van der Waals surface area (Å²) in [6.07, 6.45) is 9.34. The number of alkyl halides is 2. The summed E-state index contributed by atoms with van der Waals surface area (Å²) in [5.74, 6) is -3.73. The number of amides is 3. The predicted molar refractivity (Wildman–Crippen MR) is 198 cm³/mol. The molecule has 6 rings (SSSR count). The van der Waals surface area contributed by atoms with E-state index in [1.54, 1.807) is 32.0 Å². The second-order valence-electron chi connectivity index (χ2n) is 15.5. The number of nitrogens with one attached hydrogen (secondary N) is 2. The topological polar surface area (TPSA) is 132 Å². The van der Waals surface area contributed by atoms with Crippen LogP contribution in [0.1, 0.15) is 82.5 Å². The summed E-state index contributed by atoms with van der Waals surface area (Å²) in [5, 5.41) is 6.30.